The molecule has 0 spiro atoms. The number of hydrogen-bond acceptors (Lipinski definition) is 8. The highest BCUT2D eigenvalue weighted by atomic mass is 32.2. The van der Waals surface area contributed by atoms with Gasteiger partial charge in [0, 0.05) is 24.0 Å². The minimum atomic E-state index is -1.48. The minimum absolute atomic E-state index is 0. The van der Waals surface area contributed by atoms with Gasteiger partial charge in [-0.2, -0.15) is 5.10 Å². The van der Waals surface area contributed by atoms with Gasteiger partial charge in [0.2, 0.25) is 5.91 Å². The molecule has 3 aromatic rings. The smallest absolute Gasteiger partial charge is 0.238 e. The molecule has 218 valence electrons. The van der Waals surface area contributed by atoms with Crippen LogP contribution in [0.1, 0.15) is 45.5 Å². The van der Waals surface area contributed by atoms with Gasteiger partial charge in [0.1, 0.15) is 11.0 Å². The Morgan fingerprint density at radius 3 is 2.63 bits per heavy atom. The van der Waals surface area contributed by atoms with Crippen LogP contribution in [0.3, 0.4) is 0 Å². The fraction of sp³-hybridized carbons (Fsp3) is 0.300. The average molecular weight is 577 g/mol. The van der Waals surface area contributed by atoms with Gasteiger partial charge >= 0.3 is 0 Å². The first kappa shape index (κ1) is 33.1. The van der Waals surface area contributed by atoms with Crippen molar-refractivity contribution in [2.45, 2.75) is 52.0 Å². The summed E-state index contributed by atoms with van der Waals surface area (Å²) in [5.74, 6) is 5.21. The highest BCUT2D eigenvalue weighted by molar-refractivity contribution is 7.82. The summed E-state index contributed by atoms with van der Waals surface area (Å²) in [5.41, 5.74) is 8.26. The van der Waals surface area contributed by atoms with Crippen LogP contribution in [0.4, 0.5) is 11.4 Å². The number of pyridine rings is 2. The van der Waals surface area contributed by atoms with Crippen LogP contribution in [0.15, 0.2) is 83.4 Å². The Kier molecular flexibility index (Phi) is 13.1. The monoisotopic (exact) mass is 576 g/mol. The number of benzene rings is 1. The van der Waals surface area contributed by atoms with Crippen LogP contribution in [-0.2, 0) is 15.8 Å². The number of rotatable bonds is 8. The first-order valence-electron chi connectivity index (χ1n) is 12.8. The largest absolute Gasteiger partial charge is 0.354 e. The second-order valence-corrected chi connectivity index (χ2v) is 10.4. The molecular formula is C30H40N8O2S. The third kappa shape index (κ3) is 9.77. The van der Waals surface area contributed by atoms with Gasteiger partial charge in [-0.3, -0.25) is 19.7 Å². The van der Waals surface area contributed by atoms with E-state index in [9.17, 15) is 9.00 Å². The summed E-state index contributed by atoms with van der Waals surface area (Å²) in [6, 6.07) is 13.3. The van der Waals surface area contributed by atoms with Crippen LogP contribution in [0, 0.1) is 6.92 Å². The Hall–Kier alpha value is -4.15. The Labute approximate surface area is 245 Å². The summed E-state index contributed by atoms with van der Waals surface area (Å²) in [6.07, 6.45) is 7.34. The van der Waals surface area contributed by atoms with Gasteiger partial charge in [0.25, 0.3) is 0 Å². The van der Waals surface area contributed by atoms with E-state index in [1.807, 2.05) is 37.3 Å². The van der Waals surface area contributed by atoms with Gasteiger partial charge in [-0.1, -0.05) is 32.2 Å². The predicted molar refractivity (Wildman–Crippen MR) is 169 cm³/mol. The summed E-state index contributed by atoms with van der Waals surface area (Å²) in [6.45, 7) is 10.8. The van der Waals surface area contributed by atoms with Crippen LogP contribution in [0.25, 0.3) is 11.1 Å². The van der Waals surface area contributed by atoms with E-state index < -0.39 is 11.0 Å². The summed E-state index contributed by atoms with van der Waals surface area (Å²) >= 11 is 0. The number of carbonyl (C=O) groups is 1. The fourth-order valence-corrected chi connectivity index (χ4v) is 4.59. The lowest BCUT2D eigenvalue weighted by Gasteiger charge is -2.20. The molecule has 1 saturated heterocycles. The SMILES string of the molecule is C.C/C(=N/N)c1ccc(-c2cccc(S(N)=O)c2)cn1.C=C=CNc1cc(NC(=O)CN2CCCC2C)cnc1C. The van der Waals surface area contributed by atoms with E-state index in [1.165, 1.54) is 12.8 Å². The average Bonchev–Trinajstić information content (AvgIpc) is 3.37. The number of carbonyl (C=O) groups excluding carboxylic acids is 1. The molecule has 2 atom stereocenters. The topological polar surface area (TPSA) is 152 Å². The molecule has 1 aromatic carbocycles. The van der Waals surface area contributed by atoms with Gasteiger partial charge in [0.15, 0.2) is 0 Å². The molecular weight excluding hydrogens is 536 g/mol. The van der Waals surface area contributed by atoms with Gasteiger partial charge in [-0.25, -0.2) is 9.35 Å². The Morgan fingerprint density at radius 1 is 1.24 bits per heavy atom. The van der Waals surface area contributed by atoms with Gasteiger partial charge in [-0.15, -0.1) is 5.73 Å². The molecule has 41 heavy (non-hydrogen) atoms. The number of anilines is 2. The number of nitrogens with two attached hydrogens (primary N) is 2. The van der Waals surface area contributed by atoms with Crippen LogP contribution in [0.5, 0.6) is 0 Å². The molecule has 10 nitrogen and oxygen atoms in total. The maximum Gasteiger partial charge on any atom is 0.238 e. The van der Waals surface area contributed by atoms with E-state index >= 15 is 0 Å². The van der Waals surface area contributed by atoms with E-state index in [-0.39, 0.29) is 13.3 Å². The van der Waals surface area contributed by atoms with Gasteiger partial charge < -0.3 is 16.5 Å². The third-order valence-corrected chi connectivity index (χ3v) is 7.18. The van der Waals surface area contributed by atoms with Crippen LogP contribution < -0.4 is 21.6 Å². The molecule has 3 heterocycles. The van der Waals surface area contributed by atoms with Crippen LogP contribution in [0.2, 0.25) is 0 Å². The molecule has 6 N–H and O–H groups in total. The summed E-state index contributed by atoms with van der Waals surface area (Å²) < 4.78 is 11.3. The summed E-state index contributed by atoms with van der Waals surface area (Å²) in [4.78, 5) is 23.4. The maximum atomic E-state index is 12.1. The minimum Gasteiger partial charge on any atom is -0.354 e. The lowest BCUT2D eigenvalue weighted by atomic mass is 10.1. The Morgan fingerprint density at radius 2 is 2.02 bits per heavy atom. The molecule has 0 saturated carbocycles. The molecule has 2 unspecified atom stereocenters. The zero-order chi connectivity index (χ0) is 29.1. The summed E-state index contributed by atoms with van der Waals surface area (Å²) in [5, 5.41) is 14.9. The highest BCUT2D eigenvalue weighted by Gasteiger charge is 2.22. The number of amides is 1. The molecule has 1 amide bonds. The van der Waals surface area contributed by atoms with E-state index in [0.29, 0.717) is 28.9 Å². The van der Waals surface area contributed by atoms with Crippen molar-refractivity contribution in [3.63, 3.8) is 0 Å². The zero-order valence-corrected chi connectivity index (χ0v) is 23.9. The maximum absolute atomic E-state index is 12.1. The Balaban J connectivity index is 0.000000281. The molecule has 0 radical (unpaired) electrons. The van der Waals surface area contributed by atoms with E-state index in [1.54, 1.807) is 37.7 Å². The predicted octanol–water partition coefficient (Wildman–Crippen LogP) is 4.57. The van der Waals surface area contributed by atoms with Crippen molar-refractivity contribution in [1.29, 1.82) is 0 Å². The number of hydrogen-bond donors (Lipinski definition) is 4. The third-order valence-electron chi connectivity index (χ3n) is 6.47. The standard InChI is InChI=1S/C16H22N4O.C13H14N4OS.CH4/c1-4-7-17-15-9-14(10-18-13(15)3)19-16(21)11-20-8-5-6-12(20)2;1-9(17-14)13-6-5-11(8-16-13)10-3-2-4-12(7-10)19(15)18;/h7,9-10,12,17H,1,5-6,8,11H2,2-3H3,(H,19,21);2-8H,14-15H2,1H3;1H4/b;17-9-;. The van der Waals surface area contributed by atoms with Crippen molar-refractivity contribution in [2.24, 2.45) is 16.1 Å². The quantitative estimate of drug-likeness (QED) is 0.133. The number of nitrogens with one attached hydrogen (secondary N) is 2. The molecule has 4 rings (SSSR count). The molecule has 11 heteroatoms. The zero-order valence-electron chi connectivity index (χ0n) is 23.1. The normalized spacial score (nSPS) is 15.4. The van der Waals surface area contributed by atoms with Crippen molar-refractivity contribution < 1.29 is 9.00 Å². The van der Waals surface area contributed by atoms with Crippen molar-refractivity contribution in [2.75, 3.05) is 23.7 Å². The molecule has 1 fully saturated rings. The van der Waals surface area contributed by atoms with E-state index in [2.05, 4.69) is 49.8 Å². The molecule has 1 aliphatic heterocycles. The first-order chi connectivity index (χ1) is 19.2. The molecule has 2 aromatic heterocycles. The number of nitrogens with zero attached hydrogens (tertiary/aromatic N) is 4. The van der Waals surface area contributed by atoms with Crippen molar-refractivity contribution in [3.05, 3.63) is 84.8 Å². The van der Waals surface area contributed by atoms with E-state index in [0.717, 1.165) is 34.7 Å². The van der Waals surface area contributed by atoms with Gasteiger partial charge in [0.05, 0.1) is 46.1 Å². The van der Waals surface area contributed by atoms with E-state index in [4.69, 9.17) is 11.0 Å². The highest BCUT2D eigenvalue weighted by Crippen LogP contribution is 2.21. The van der Waals surface area contributed by atoms with Crippen LogP contribution >= 0.6 is 0 Å². The second-order valence-electron chi connectivity index (χ2n) is 9.33. The number of aryl methyl sites for hydroxylation is 1. The van der Waals surface area contributed by atoms with Crippen molar-refractivity contribution in [3.8, 4) is 11.1 Å². The Bertz CT molecular complexity index is 1420. The fourth-order valence-electron chi connectivity index (χ4n) is 4.13. The van der Waals surface area contributed by atoms with Crippen LogP contribution in [-0.4, -0.2) is 49.8 Å². The molecule has 0 bridgehead atoms. The lowest BCUT2D eigenvalue weighted by molar-refractivity contribution is -0.117. The number of aromatic nitrogens is 2. The lowest BCUT2D eigenvalue weighted by Crippen LogP contribution is -2.35. The molecule has 0 aliphatic carbocycles. The number of hydrazone groups is 1. The first-order valence-corrected chi connectivity index (χ1v) is 14.0. The second kappa shape index (κ2) is 16.2. The molecule has 1 aliphatic rings. The number of likely N-dealkylation sites (tertiary alicyclic amines) is 1. The van der Waals surface area contributed by atoms with Gasteiger partial charge in [-0.05, 0) is 70.0 Å². The van der Waals surface area contributed by atoms with Crippen molar-refractivity contribution >= 4 is 34.0 Å². The summed E-state index contributed by atoms with van der Waals surface area (Å²) in [7, 11) is -1.48. The van der Waals surface area contributed by atoms with Crippen molar-refractivity contribution in [1.82, 2.24) is 14.9 Å².